The Morgan fingerprint density at radius 2 is 0.609 bits per heavy atom. The Bertz CT molecular complexity index is 2030. The minimum absolute atomic E-state index is 0.101. The zero-order chi connectivity index (χ0) is 63.8. The summed E-state index contributed by atoms with van der Waals surface area (Å²) in [5.74, 6) is -1.63. The number of carbonyl (C=O) groups excluding carboxylic acids is 3. The van der Waals surface area contributed by atoms with Crippen molar-refractivity contribution < 1.29 is 75.8 Å². The first kappa shape index (κ1) is 83.2. The SMILES string of the molecule is CC/C=C\C/C=C\C/C=C\C/C=C\C/C=C\C/C=C\CCCCC(=O)OCC(O)COP(=O)(O)OCC(O)COP(=O)(O)OCC(COC(=O)CCCCCCCC/C=C\C/C=C\C/C=C\CCCCC)OC(=O)CCCCCCCCCCCCC. The fourth-order valence-electron chi connectivity index (χ4n) is 8.40. The number of unbranched alkanes of at least 4 members (excludes halogenated alkanes) is 21. The van der Waals surface area contributed by atoms with Gasteiger partial charge in [0.15, 0.2) is 6.10 Å². The van der Waals surface area contributed by atoms with Crippen LogP contribution in [0.1, 0.15) is 252 Å². The van der Waals surface area contributed by atoms with E-state index in [0.29, 0.717) is 19.3 Å². The third kappa shape index (κ3) is 63.6. The van der Waals surface area contributed by atoms with Crippen molar-refractivity contribution in [3.63, 3.8) is 0 Å². The van der Waals surface area contributed by atoms with Crippen molar-refractivity contribution in [1.29, 1.82) is 0 Å². The largest absolute Gasteiger partial charge is 0.472 e. The zero-order valence-electron chi connectivity index (χ0n) is 53.9. The molecule has 0 heterocycles. The third-order valence-electron chi connectivity index (χ3n) is 13.5. The quantitative estimate of drug-likeness (QED) is 0.0146. The molecule has 0 aliphatic carbocycles. The van der Waals surface area contributed by atoms with Crippen molar-refractivity contribution in [2.75, 3.05) is 39.6 Å². The van der Waals surface area contributed by atoms with Crippen molar-refractivity contribution >= 4 is 33.6 Å². The number of aliphatic hydroxyl groups excluding tert-OH is 2. The van der Waals surface area contributed by atoms with E-state index in [1.54, 1.807) is 0 Å². The highest BCUT2D eigenvalue weighted by atomic mass is 31.2. The molecule has 0 aromatic heterocycles. The molecule has 0 saturated heterocycles. The monoisotopic (exact) mass is 1260 g/mol. The summed E-state index contributed by atoms with van der Waals surface area (Å²) in [6.45, 7) is 2.44. The van der Waals surface area contributed by atoms with Gasteiger partial charge in [-0.1, -0.05) is 233 Å². The number of esters is 3. The highest BCUT2D eigenvalue weighted by molar-refractivity contribution is 7.47. The molecule has 0 aromatic carbocycles. The Morgan fingerprint density at radius 3 is 1.01 bits per heavy atom. The van der Waals surface area contributed by atoms with E-state index in [2.05, 4.69) is 130 Å². The number of carbonyl (C=O) groups is 3. The lowest BCUT2D eigenvalue weighted by molar-refractivity contribution is -0.161. The lowest BCUT2D eigenvalue weighted by atomic mass is 10.1. The standard InChI is InChI=1S/C69H118O16P2/c1-4-7-10-13-16-19-22-24-26-28-30-31-33-35-36-38-41-43-46-49-52-55-67(72)79-58-64(70)59-81-86(75,76)82-60-65(71)61-83-87(77,78)84-63-66(85-69(74)57-54-51-48-45-40-21-18-15-12-9-6-3)62-80-68(73)56-53-50-47-44-42-39-37-34-32-29-27-25-23-20-17-14-11-8-5-2/h7,10,16-17,19-20,24-27,30-32,34-36,41,43,64-66,70-71H,4-6,8-9,11-15,18,21-23,28-29,33,37-40,42,44-63H2,1-3H3,(H,75,76)(H,77,78)/b10-7-,19-16-,20-17-,26-24-,27-25-,31-30-,34-32-,36-35-,43-41-. The van der Waals surface area contributed by atoms with Gasteiger partial charge in [-0.05, 0) is 109 Å². The molecule has 0 saturated carbocycles. The lowest BCUT2D eigenvalue weighted by Gasteiger charge is -2.21. The maximum absolute atomic E-state index is 12.9. The second-order valence-electron chi connectivity index (χ2n) is 21.9. The van der Waals surface area contributed by atoms with E-state index in [1.165, 1.54) is 57.8 Å². The second-order valence-corrected chi connectivity index (χ2v) is 24.8. The van der Waals surface area contributed by atoms with Crippen LogP contribution in [0.5, 0.6) is 0 Å². The van der Waals surface area contributed by atoms with E-state index in [0.717, 1.165) is 135 Å². The summed E-state index contributed by atoms with van der Waals surface area (Å²) in [4.78, 5) is 58.2. The molecule has 0 rings (SSSR count). The van der Waals surface area contributed by atoms with Crippen LogP contribution in [0.3, 0.4) is 0 Å². The molecule has 500 valence electrons. The predicted molar refractivity (Wildman–Crippen MR) is 353 cm³/mol. The van der Waals surface area contributed by atoms with Gasteiger partial charge < -0.3 is 34.2 Å². The van der Waals surface area contributed by atoms with Crippen molar-refractivity contribution in [3.8, 4) is 0 Å². The molecule has 4 N–H and O–H groups in total. The Kier molecular flexibility index (Phi) is 59.7. The predicted octanol–water partition coefficient (Wildman–Crippen LogP) is 18.1. The normalized spacial score (nSPS) is 15.0. The number of ether oxygens (including phenoxy) is 3. The summed E-state index contributed by atoms with van der Waals surface area (Å²) < 4.78 is 60.7. The number of phosphoric ester groups is 2. The van der Waals surface area contributed by atoms with Crippen LogP contribution in [0, 0.1) is 0 Å². The van der Waals surface area contributed by atoms with Gasteiger partial charge in [-0.2, -0.15) is 0 Å². The first-order valence-corrected chi connectivity index (χ1v) is 36.2. The van der Waals surface area contributed by atoms with Crippen molar-refractivity contribution in [3.05, 3.63) is 109 Å². The Balaban J connectivity index is 4.65. The molecule has 0 spiro atoms. The van der Waals surface area contributed by atoms with Crippen LogP contribution in [-0.2, 0) is 55.8 Å². The summed E-state index contributed by atoms with van der Waals surface area (Å²) in [6, 6.07) is 0. The molecule has 0 aromatic rings. The van der Waals surface area contributed by atoms with Crippen LogP contribution in [0.25, 0.3) is 0 Å². The third-order valence-corrected chi connectivity index (χ3v) is 15.4. The van der Waals surface area contributed by atoms with Gasteiger partial charge >= 0.3 is 33.6 Å². The van der Waals surface area contributed by atoms with Crippen LogP contribution in [0.15, 0.2) is 109 Å². The average molecular weight is 1270 g/mol. The van der Waals surface area contributed by atoms with Gasteiger partial charge in [0, 0.05) is 19.3 Å². The number of phosphoric acid groups is 2. The zero-order valence-corrected chi connectivity index (χ0v) is 55.7. The topological polar surface area (TPSA) is 231 Å². The molecule has 16 nitrogen and oxygen atoms in total. The van der Waals surface area contributed by atoms with Gasteiger partial charge in [-0.15, -0.1) is 0 Å². The first-order valence-electron chi connectivity index (χ1n) is 33.2. The maximum Gasteiger partial charge on any atom is 0.472 e. The minimum Gasteiger partial charge on any atom is -0.463 e. The van der Waals surface area contributed by atoms with Crippen LogP contribution < -0.4 is 0 Å². The number of hydrogen-bond donors (Lipinski definition) is 4. The molecule has 0 bridgehead atoms. The van der Waals surface area contributed by atoms with Gasteiger partial charge in [0.1, 0.15) is 25.4 Å². The molecule has 5 atom stereocenters. The highest BCUT2D eigenvalue weighted by Gasteiger charge is 2.29. The number of hydrogen-bond acceptors (Lipinski definition) is 14. The van der Waals surface area contributed by atoms with E-state index in [4.69, 9.17) is 32.3 Å². The van der Waals surface area contributed by atoms with Gasteiger partial charge in [0.2, 0.25) is 0 Å². The molecule has 5 unspecified atom stereocenters. The molecule has 87 heavy (non-hydrogen) atoms. The van der Waals surface area contributed by atoms with Crippen molar-refractivity contribution in [2.24, 2.45) is 0 Å². The number of aliphatic hydroxyl groups is 2. The molecule has 0 aliphatic rings. The minimum atomic E-state index is -4.92. The summed E-state index contributed by atoms with van der Waals surface area (Å²) in [6.07, 6.45) is 68.6. The van der Waals surface area contributed by atoms with Gasteiger partial charge in [0.05, 0.1) is 26.4 Å². The summed E-state index contributed by atoms with van der Waals surface area (Å²) in [7, 11) is -9.78. The van der Waals surface area contributed by atoms with Crippen molar-refractivity contribution in [1.82, 2.24) is 0 Å². The lowest BCUT2D eigenvalue weighted by Crippen LogP contribution is -2.30. The average Bonchev–Trinajstić information content (AvgIpc) is 3.57. The van der Waals surface area contributed by atoms with Crippen LogP contribution >= 0.6 is 15.6 Å². The molecule has 0 aliphatic heterocycles. The van der Waals surface area contributed by atoms with Gasteiger partial charge in [0.25, 0.3) is 0 Å². The fraction of sp³-hybridized carbons (Fsp3) is 0.696. The molecule has 18 heteroatoms. The molecular weight excluding hydrogens is 1150 g/mol. The maximum atomic E-state index is 12.9. The van der Waals surface area contributed by atoms with E-state index < -0.39 is 91.5 Å². The van der Waals surface area contributed by atoms with Crippen LogP contribution in [0.2, 0.25) is 0 Å². The van der Waals surface area contributed by atoms with Gasteiger partial charge in [-0.3, -0.25) is 32.5 Å². The van der Waals surface area contributed by atoms with E-state index in [-0.39, 0.29) is 19.3 Å². The van der Waals surface area contributed by atoms with Crippen LogP contribution in [0.4, 0.5) is 0 Å². The Morgan fingerprint density at radius 1 is 0.333 bits per heavy atom. The molecule has 0 radical (unpaired) electrons. The Hall–Kier alpha value is -3.79. The van der Waals surface area contributed by atoms with Gasteiger partial charge in [-0.25, -0.2) is 9.13 Å². The first-order chi connectivity index (χ1) is 42.2. The number of allylic oxidation sites excluding steroid dienone is 18. The van der Waals surface area contributed by atoms with E-state index >= 15 is 0 Å². The van der Waals surface area contributed by atoms with Crippen LogP contribution in [-0.4, -0.2) is 95.9 Å². The summed E-state index contributed by atoms with van der Waals surface area (Å²) >= 11 is 0. The smallest absolute Gasteiger partial charge is 0.463 e. The van der Waals surface area contributed by atoms with E-state index in [9.17, 15) is 43.5 Å². The molecule has 0 fully saturated rings. The second kappa shape index (κ2) is 62.4. The molecule has 0 amide bonds. The summed E-state index contributed by atoms with van der Waals surface area (Å²) in [5, 5.41) is 20.5. The number of rotatable bonds is 62. The Labute approximate surface area is 526 Å². The fourth-order valence-corrected chi connectivity index (χ4v) is 9.99. The van der Waals surface area contributed by atoms with Crippen molar-refractivity contribution in [2.45, 2.75) is 270 Å². The van der Waals surface area contributed by atoms with E-state index in [1.807, 2.05) is 0 Å². The molecular formula is C69H118O16P2. The summed E-state index contributed by atoms with van der Waals surface area (Å²) in [5.41, 5.74) is 0. The highest BCUT2D eigenvalue weighted by Crippen LogP contribution is 2.45.